The number of amides is 2. The van der Waals surface area contributed by atoms with Gasteiger partial charge in [-0.25, -0.2) is 8.78 Å². The van der Waals surface area contributed by atoms with E-state index < -0.39 is 11.6 Å². The molecule has 0 bridgehead atoms. The lowest BCUT2D eigenvalue weighted by atomic mass is 9.99. The van der Waals surface area contributed by atoms with Gasteiger partial charge in [-0.15, -0.1) is 0 Å². The van der Waals surface area contributed by atoms with Crippen LogP contribution in [0.1, 0.15) is 63.1 Å². The number of carbonyl (C=O) groups is 2. The molecule has 1 aliphatic carbocycles. The second-order valence-corrected chi connectivity index (χ2v) is 12.2. The number of hydrogen-bond acceptors (Lipinski definition) is 4. The molecule has 0 aliphatic heterocycles. The maximum atomic E-state index is 13.6. The molecule has 0 saturated heterocycles. The topological polar surface area (TPSA) is 73.5 Å². The van der Waals surface area contributed by atoms with Gasteiger partial charge in [-0.2, -0.15) is 0 Å². The number of hydrogen-bond donors (Lipinski definition) is 3. The third-order valence-electron chi connectivity index (χ3n) is 7.23. The van der Waals surface area contributed by atoms with Gasteiger partial charge in [-0.1, -0.05) is 63.1 Å². The van der Waals surface area contributed by atoms with Crippen LogP contribution >= 0.6 is 11.6 Å². The van der Waals surface area contributed by atoms with Crippen LogP contribution in [0.15, 0.2) is 48.7 Å². The standard InChI is InChI=1S/C27H42F2N4O2.C7H7Cl/c1-6-8-21-13-23(28)24(29)14-22(21)9-7-12-30-25(34)16-31-26(35)17-33(5)19(4)27(20-10-11-20)32-15-18(2)3;1-6-2-4-7(8)5-3-6/h13-14,18,20,27,32H,4,6-12,15-17H2,1-3,5H3,(H,30,34)(H,31,35);2-5H,1H3. The van der Waals surface area contributed by atoms with Crippen LogP contribution < -0.4 is 16.0 Å². The molecule has 1 aliphatic rings. The summed E-state index contributed by atoms with van der Waals surface area (Å²) in [5.41, 5.74) is 3.71. The molecule has 6 nitrogen and oxygen atoms in total. The molecule has 0 heterocycles. The predicted molar refractivity (Wildman–Crippen MR) is 172 cm³/mol. The average Bonchev–Trinajstić information content (AvgIpc) is 3.79. The minimum absolute atomic E-state index is 0.108. The maximum absolute atomic E-state index is 13.6. The highest BCUT2D eigenvalue weighted by atomic mass is 35.5. The third kappa shape index (κ3) is 13.9. The zero-order chi connectivity index (χ0) is 31.9. The highest BCUT2D eigenvalue weighted by molar-refractivity contribution is 6.30. The monoisotopic (exact) mass is 618 g/mol. The van der Waals surface area contributed by atoms with E-state index in [0.717, 1.165) is 34.8 Å². The van der Waals surface area contributed by atoms with Crippen LogP contribution in [0.25, 0.3) is 0 Å². The molecule has 0 radical (unpaired) electrons. The summed E-state index contributed by atoms with van der Waals surface area (Å²) >= 11 is 5.61. The van der Waals surface area contributed by atoms with E-state index in [1.165, 1.54) is 30.5 Å². The van der Waals surface area contributed by atoms with Crippen molar-refractivity contribution >= 4 is 23.4 Å². The lowest BCUT2D eigenvalue weighted by Crippen LogP contribution is -2.45. The highest BCUT2D eigenvalue weighted by Crippen LogP contribution is 2.36. The lowest BCUT2D eigenvalue weighted by molar-refractivity contribution is -0.126. The minimum atomic E-state index is -0.849. The Hall–Kier alpha value is -2.97. The van der Waals surface area contributed by atoms with Gasteiger partial charge >= 0.3 is 0 Å². The van der Waals surface area contributed by atoms with E-state index in [1.807, 2.05) is 50.1 Å². The Morgan fingerprint density at radius 1 is 1.02 bits per heavy atom. The fourth-order valence-electron chi connectivity index (χ4n) is 4.60. The molecule has 3 N–H and O–H groups in total. The molecule has 2 amide bonds. The van der Waals surface area contributed by atoms with Crippen LogP contribution in [0.3, 0.4) is 0 Å². The van der Waals surface area contributed by atoms with Gasteiger partial charge in [-0.3, -0.25) is 9.59 Å². The Balaban J connectivity index is 0.000000694. The van der Waals surface area contributed by atoms with E-state index in [2.05, 4.69) is 36.4 Å². The Morgan fingerprint density at radius 3 is 2.16 bits per heavy atom. The van der Waals surface area contributed by atoms with Gasteiger partial charge in [0, 0.05) is 30.4 Å². The number of carbonyl (C=O) groups excluding carboxylic acids is 2. The zero-order valence-corrected chi connectivity index (χ0v) is 27.1. The molecular formula is C34H49ClF2N4O2. The van der Waals surface area contributed by atoms with E-state index in [9.17, 15) is 18.4 Å². The molecule has 1 atom stereocenters. The number of halogens is 3. The summed E-state index contributed by atoms with van der Waals surface area (Å²) in [6, 6.07) is 10.4. The summed E-state index contributed by atoms with van der Waals surface area (Å²) < 4.78 is 27.1. The molecule has 238 valence electrons. The molecular weight excluding hydrogens is 570 g/mol. The number of nitrogens with zero attached hydrogens (tertiary/aromatic N) is 1. The van der Waals surface area contributed by atoms with Crippen molar-refractivity contribution in [3.63, 3.8) is 0 Å². The molecule has 0 aromatic heterocycles. The predicted octanol–water partition coefficient (Wildman–Crippen LogP) is 6.20. The Morgan fingerprint density at radius 2 is 1.63 bits per heavy atom. The van der Waals surface area contributed by atoms with Crippen molar-refractivity contribution in [3.8, 4) is 0 Å². The van der Waals surface area contributed by atoms with Crippen molar-refractivity contribution in [1.82, 2.24) is 20.9 Å². The Labute approximate surface area is 261 Å². The van der Waals surface area contributed by atoms with Gasteiger partial charge < -0.3 is 20.9 Å². The summed E-state index contributed by atoms with van der Waals surface area (Å²) in [6.07, 6.45) is 5.00. The number of aryl methyl sites for hydroxylation is 3. The van der Waals surface area contributed by atoms with Crippen LogP contribution in [-0.4, -0.2) is 56.0 Å². The third-order valence-corrected chi connectivity index (χ3v) is 7.49. The van der Waals surface area contributed by atoms with Gasteiger partial charge in [0.1, 0.15) is 0 Å². The molecule has 43 heavy (non-hydrogen) atoms. The van der Waals surface area contributed by atoms with Crippen LogP contribution in [-0.2, 0) is 22.4 Å². The summed E-state index contributed by atoms with van der Waals surface area (Å²) in [5.74, 6) is -1.10. The first-order valence-electron chi connectivity index (χ1n) is 15.3. The normalized spacial score (nSPS) is 13.1. The smallest absolute Gasteiger partial charge is 0.239 e. The molecule has 9 heteroatoms. The first-order chi connectivity index (χ1) is 20.4. The van der Waals surface area contributed by atoms with Crippen LogP contribution in [0.2, 0.25) is 5.02 Å². The zero-order valence-electron chi connectivity index (χ0n) is 26.4. The second-order valence-electron chi connectivity index (χ2n) is 11.8. The minimum Gasteiger partial charge on any atom is -0.368 e. The summed E-state index contributed by atoms with van der Waals surface area (Å²) in [6.45, 7) is 13.9. The fourth-order valence-corrected chi connectivity index (χ4v) is 4.73. The Kier molecular flexibility index (Phi) is 15.7. The largest absolute Gasteiger partial charge is 0.368 e. The number of benzene rings is 2. The summed E-state index contributed by atoms with van der Waals surface area (Å²) in [5, 5.41) is 9.79. The first kappa shape index (κ1) is 36.2. The van der Waals surface area contributed by atoms with Crippen molar-refractivity contribution in [2.24, 2.45) is 11.8 Å². The van der Waals surface area contributed by atoms with Crippen LogP contribution in [0.4, 0.5) is 8.78 Å². The average molecular weight is 619 g/mol. The lowest BCUT2D eigenvalue weighted by Gasteiger charge is -2.29. The molecule has 0 spiro atoms. The van der Waals surface area contributed by atoms with Crippen molar-refractivity contribution < 1.29 is 18.4 Å². The van der Waals surface area contributed by atoms with Gasteiger partial charge in [0.05, 0.1) is 13.1 Å². The van der Waals surface area contributed by atoms with Crippen molar-refractivity contribution in [1.29, 1.82) is 0 Å². The van der Waals surface area contributed by atoms with E-state index in [-0.39, 0.29) is 30.9 Å². The molecule has 1 saturated carbocycles. The quantitative estimate of drug-likeness (QED) is 0.196. The van der Waals surface area contributed by atoms with Crippen LogP contribution in [0, 0.1) is 30.4 Å². The van der Waals surface area contributed by atoms with Crippen molar-refractivity contribution in [3.05, 3.63) is 82.0 Å². The maximum Gasteiger partial charge on any atom is 0.239 e. The van der Waals surface area contributed by atoms with Crippen molar-refractivity contribution in [2.75, 3.05) is 33.2 Å². The van der Waals surface area contributed by atoms with Gasteiger partial charge in [-0.05, 0) is 92.8 Å². The first-order valence-corrected chi connectivity index (χ1v) is 15.6. The van der Waals surface area contributed by atoms with Gasteiger partial charge in [0.2, 0.25) is 11.8 Å². The molecule has 2 aromatic rings. The van der Waals surface area contributed by atoms with E-state index in [1.54, 1.807) is 0 Å². The van der Waals surface area contributed by atoms with Gasteiger partial charge in [0.25, 0.3) is 0 Å². The van der Waals surface area contributed by atoms with Crippen molar-refractivity contribution in [2.45, 2.75) is 72.3 Å². The summed E-state index contributed by atoms with van der Waals surface area (Å²) in [7, 11) is 1.85. The highest BCUT2D eigenvalue weighted by Gasteiger charge is 2.34. The van der Waals surface area contributed by atoms with E-state index >= 15 is 0 Å². The van der Waals surface area contributed by atoms with E-state index in [4.69, 9.17) is 11.6 Å². The van der Waals surface area contributed by atoms with E-state index in [0.29, 0.717) is 37.6 Å². The Bertz CT molecular complexity index is 1160. The molecule has 3 rings (SSSR count). The number of nitrogens with one attached hydrogen (secondary N) is 3. The fraction of sp³-hybridized carbons (Fsp3) is 0.529. The molecule has 1 unspecified atom stereocenters. The van der Waals surface area contributed by atoms with Crippen LogP contribution in [0.5, 0.6) is 0 Å². The SMILES string of the molecule is C=C(C(NCC(C)C)C1CC1)N(C)CC(=O)NCC(=O)NCCCc1cc(F)c(F)cc1CCC.Cc1ccc(Cl)cc1. The number of rotatable bonds is 16. The number of likely N-dealkylation sites (N-methyl/N-ethyl adjacent to an activating group) is 1. The molecule has 2 aromatic carbocycles. The summed E-state index contributed by atoms with van der Waals surface area (Å²) in [4.78, 5) is 26.3. The molecule has 1 fully saturated rings. The second kappa shape index (κ2) is 18.6. The van der Waals surface area contributed by atoms with Gasteiger partial charge in [0.15, 0.2) is 11.6 Å².